The van der Waals surface area contributed by atoms with Crippen LogP contribution in [-0.4, -0.2) is 5.78 Å². The van der Waals surface area contributed by atoms with Crippen LogP contribution < -0.4 is 0 Å². The van der Waals surface area contributed by atoms with Gasteiger partial charge in [-0.05, 0) is 30.9 Å². The first-order valence-corrected chi connectivity index (χ1v) is 5.86. The molecule has 1 fully saturated rings. The minimum atomic E-state index is 0.212. The van der Waals surface area contributed by atoms with Gasteiger partial charge in [0.1, 0.15) is 0 Å². The molecule has 0 aromatic heterocycles. The summed E-state index contributed by atoms with van der Waals surface area (Å²) in [6.07, 6.45) is 3.39. The lowest BCUT2D eigenvalue weighted by molar-refractivity contribution is 0.0897. The molecule has 0 bridgehead atoms. The summed E-state index contributed by atoms with van der Waals surface area (Å²) in [6, 6.07) is 7.28. The number of hydrogen-bond acceptors (Lipinski definition) is 1. The molecule has 2 rings (SSSR count). The third-order valence-electron chi connectivity index (χ3n) is 3.31. The Balaban J connectivity index is 2.20. The number of hydrogen-bond donors (Lipinski definition) is 0. The van der Waals surface area contributed by atoms with E-state index in [9.17, 15) is 4.79 Å². The summed E-state index contributed by atoms with van der Waals surface area (Å²) in [5.74, 6) is 1.00. The predicted octanol–water partition coefficient (Wildman–Crippen LogP) is 3.96. The second-order valence-electron chi connectivity index (χ2n) is 4.39. The Hall–Kier alpha value is -0.820. The number of rotatable bonds is 2. The Bertz CT molecular complexity index is 373. The van der Waals surface area contributed by atoms with Crippen LogP contribution in [0.4, 0.5) is 0 Å². The van der Waals surface area contributed by atoms with E-state index in [1.807, 2.05) is 12.1 Å². The standard InChI is InChI=1S/C13H15ClO/c1-9-4-2-7-12(9)13(15)10-5-3-6-11(14)8-10/h3,5-6,8-9,12H,2,4,7H2,1H3. The highest BCUT2D eigenvalue weighted by atomic mass is 35.5. The Morgan fingerprint density at radius 1 is 1.40 bits per heavy atom. The molecule has 1 aromatic carbocycles. The third kappa shape index (κ3) is 2.23. The van der Waals surface area contributed by atoms with Crippen molar-refractivity contribution in [2.24, 2.45) is 11.8 Å². The smallest absolute Gasteiger partial charge is 0.166 e. The fourth-order valence-corrected chi connectivity index (χ4v) is 2.58. The first kappa shape index (κ1) is 10.7. The molecule has 0 amide bonds. The highest BCUT2D eigenvalue weighted by molar-refractivity contribution is 6.31. The van der Waals surface area contributed by atoms with E-state index < -0.39 is 0 Å². The van der Waals surface area contributed by atoms with Gasteiger partial charge in [-0.15, -0.1) is 0 Å². The molecular weight excluding hydrogens is 208 g/mol. The molecule has 15 heavy (non-hydrogen) atoms. The number of Topliss-reactive ketones (excluding diaryl/α,β-unsaturated/α-hetero) is 1. The molecule has 1 aliphatic rings. The summed E-state index contributed by atoms with van der Waals surface area (Å²) in [4.78, 5) is 12.2. The van der Waals surface area contributed by atoms with Gasteiger partial charge >= 0.3 is 0 Å². The van der Waals surface area contributed by atoms with Gasteiger partial charge in [0.05, 0.1) is 0 Å². The summed E-state index contributed by atoms with van der Waals surface area (Å²) >= 11 is 5.88. The lowest BCUT2D eigenvalue weighted by Gasteiger charge is -2.13. The van der Waals surface area contributed by atoms with Gasteiger partial charge in [-0.1, -0.05) is 37.1 Å². The average molecular weight is 223 g/mol. The molecule has 2 atom stereocenters. The van der Waals surface area contributed by atoms with Gasteiger partial charge in [0.25, 0.3) is 0 Å². The molecule has 1 aromatic rings. The molecule has 0 spiro atoms. The molecule has 0 heterocycles. The highest BCUT2D eigenvalue weighted by Gasteiger charge is 2.30. The fourth-order valence-electron chi connectivity index (χ4n) is 2.39. The van der Waals surface area contributed by atoms with Crippen molar-refractivity contribution in [2.45, 2.75) is 26.2 Å². The number of benzene rings is 1. The summed E-state index contributed by atoms with van der Waals surface area (Å²) in [6.45, 7) is 2.17. The van der Waals surface area contributed by atoms with Crippen molar-refractivity contribution in [3.05, 3.63) is 34.9 Å². The first-order valence-electron chi connectivity index (χ1n) is 5.48. The number of carbonyl (C=O) groups excluding carboxylic acids is 1. The van der Waals surface area contributed by atoms with Crippen LogP contribution in [-0.2, 0) is 0 Å². The Labute approximate surface area is 95.4 Å². The fraction of sp³-hybridized carbons (Fsp3) is 0.462. The zero-order valence-electron chi connectivity index (χ0n) is 8.87. The quantitative estimate of drug-likeness (QED) is 0.693. The molecule has 2 heteroatoms. The molecule has 0 saturated heterocycles. The largest absolute Gasteiger partial charge is 0.294 e. The topological polar surface area (TPSA) is 17.1 Å². The second-order valence-corrected chi connectivity index (χ2v) is 4.83. The van der Waals surface area contributed by atoms with E-state index in [0.717, 1.165) is 12.0 Å². The van der Waals surface area contributed by atoms with E-state index in [0.29, 0.717) is 10.9 Å². The van der Waals surface area contributed by atoms with E-state index in [2.05, 4.69) is 6.92 Å². The molecule has 1 saturated carbocycles. The van der Waals surface area contributed by atoms with Gasteiger partial charge in [-0.3, -0.25) is 4.79 Å². The van der Waals surface area contributed by atoms with Crippen LogP contribution in [0.5, 0.6) is 0 Å². The number of carbonyl (C=O) groups is 1. The maximum absolute atomic E-state index is 12.2. The van der Waals surface area contributed by atoms with Crippen molar-refractivity contribution in [1.82, 2.24) is 0 Å². The third-order valence-corrected chi connectivity index (χ3v) is 3.54. The van der Waals surface area contributed by atoms with Gasteiger partial charge in [0.2, 0.25) is 0 Å². The maximum atomic E-state index is 12.2. The first-order chi connectivity index (χ1) is 7.18. The molecule has 1 nitrogen and oxygen atoms in total. The van der Waals surface area contributed by atoms with Crippen molar-refractivity contribution >= 4 is 17.4 Å². The average Bonchev–Trinajstić information content (AvgIpc) is 2.63. The van der Waals surface area contributed by atoms with Crippen LogP contribution in [0.2, 0.25) is 5.02 Å². The zero-order valence-corrected chi connectivity index (χ0v) is 9.63. The molecule has 0 aliphatic heterocycles. The van der Waals surface area contributed by atoms with Gasteiger partial charge in [0.15, 0.2) is 5.78 Å². The maximum Gasteiger partial charge on any atom is 0.166 e. The minimum absolute atomic E-state index is 0.212. The molecular formula is C13H15ClO. The monoisotopic (exact) mass is 222 g/mol. The Kier molecular flexibility index (Phi) is 3.11. The molecule has 0 N–H and O–H groups in total. The van der Waals surface area contributed by atoms with Crippen LogP contribution >= 0.6 is 11.6 Å². The van der Waals surface area contributed by atoms with E-state index >= 15 is 0 Å². The van der Waals surface area contributed by atoms with Crippen molar-refractivity contribution in [3.63, 3.8) is 0 Å². The summed E-state index contributed by atoms with van der Waals surface area (Å²) < 4.78 is 0. The van der Waals surface area contributed by atoms with Gasteiger partial charge in [-0.2, -0.15) is 0 Å². The van der Waals surface area contributed by atoms with Gasteiger partial charge in [0, 0.05) is 16.5 Å². The molecule has 1 aliphatic carbocycles. The zero-order chi connectivity index (χ0) is 10.8. The predicted molar refractivity (Wildman–Crippen MR) is 62.3 cm³/mol. The van der Waals surface area contributed by atoms with E-state index in [4.69, 9.17) is 11.6 Å². The van der Waals surface area contributed by atoms with E-state index in [1.165, 1.54) is 12.8 Å². The number of ketones is 1. The summed E-state index contributed by atoms with van der Waals surface area (Å²) in [7, 11) is 0. The van der Waals surface area contributed by atoms with Crippen LogP contribution in [0, 0.1) is 11.8 Å². The highest BCUT2D eigenvalue weighted by Crippen LogP contribution is 2.33. The normalized spacial score (nSPS) is 25.5. The summed E-state index contributed by atoms with van der Waals surface area (Å²) in [5.41, 5.74) is 0.765. The van der Waals surface area contributed by atoms with Crippen molar-refractivity contribution in [1.29, 1.82) is 0 Å². The number of halogens is 1. The Morgan fingerprint density at radius 2 is 2.20 bits per heavy atom. The van der Waals surface area contributed by atoms with Crippen molar-refractivity contribution in [3.8, 4) is 0 Å². The summed E-state index contributed by atoms with van der Waals surface area (Å²) in [5, 5.41) is 0.645. The lowest BCUT2D eigenvalue weighted by atomic mass is 9.90. The van der Waals surface area contributed by atoms with Crippen LogP contribution in [0.25, 0.3) is 0 Å². The SMILES string of the molecule is CC1CCCC1C(=O)c1cccc(Cl)c1. The Morgan fingerprint density at radius 3 is 2.80 bits per heavy atom. The van der Waals surface area contributed by atoms with E-state index in [-0.39, 0.29) is 11.7 Å². The van der Waals surface area contributed by atoms with E-state index in [1.54, 1.807) is 12.1 Å². The molecule has 0 radical (unpaired) electrons. The van der Waals surface area contributed by atoms with Gasteiger partial charge < -0.3 is 0 Å². The lowest BCUT2D eigenvalue weighted by Crippen LogP contribution is -2.16. The van der Waals surface area contributed by atoms with Crippen LogP contribution in [0.3, 0.4) is 0 Å². The van der Waals surface area contributed by atoms with Crippen LogP contribution in [0.15, 0.2) is 24.3 Å². The molecule has 80 valence electrons. The second kappa shape index (κ2) is 4.36. The van der Waals surface area contributed by atoms with Crippen molar-refractivity contribution < 1.29 is 4.79 Å². The van der Waals surface area contributed by atoms with Gasteiger partial charge in [-0.25, -0.2) is 0 Å². The molecule has 2 unspecified atom stereocenters. The minimum Gasteiger partial charge on any atom is -0.294 e. The van der Waals surface area contributed by atoms with Crippen molar-refractivity contribution in [2.75, 3.05) is 0 Å². The van der Waals surface area contributed by atoms with Crippen LogP contribution in [0.1, 0.15) is 36.5 Å².